The van der Waals surface area contributed by atoms with Crippen molar-refractivity contribution in [3.63, 3.8) is 0 Å². The van der Waals surface area contributed by atoms with Gasteiger partial charge in [0.05, 0.1) is 32.8 Å². The van der Waals surface area contributed by atoms with Crippen LogP contribution in [0.2, 0.25) is 15.1 Å². The van der Waals surface area contributed by atoms with Crippen LogP contribution in [0.25, 0.3) is 6.08 Å². The second-order valence-corrected chi connectivity index (χ2v) is 12.5. The minimum Gasteiger partial charge on any atom is -0.488 e. The number of rotatable bonds is 7. The number of carbonyl (C=O) groups is 1. The summed E-state index contributed by atoms with van der Waals surface area (Å²) in [4.78, 5) is 30.5. The molecule has 0 N–H and O–H groups in total. The highest BCUT2D eigenvalue weighted by Gasteiger charge is 2.45. The normalized spacial score (nSPS) is 15.2. The lowest BCUT2D eigenvalue weighted by Gasteiger charge is -2.26. The molecule has 0 radical (unpaired) electrons. The van der Waals surface area contributed by atoms with Crippen LogP contribution in [-0.2, 0) is 16.1 Å². The zero-order valence-corrected chi connectivity index (χ0v) is 27.1. The number of benzene rings is 3. The molecule has 6 nitrogen and oxygen atoms in total. The van der Waals surface area contributed by atoms with Crippen molar-refractivity contribution in [3.8, 4) is 5.75 Å². The minimum absolute atomic E-state index is 0.0619. The Balaban J connectivity index is 1.67. The summed E-state index contributed by atoms with van der Waals surface area (Å²) >= 11 is 22.3. The van der Waals surface area contributed by atoms with Gasteiger partial charge < -0.3 is 9.47 Å². The molecule has 0 saturated heterocycles. The summed E-state index contributed by atoms with van der Waals surface area (Å²) < 4.78 is 55.9. The van der Waals surface area contributed by atoms with E-state index in [0.717, 1.165) is 21.5 Å². The van der Waals surface area contributed by atoms with Crippen LogP contribution in [0, 0.1) is 0 Å². The molecule has 3 aromatic carbocycles. The van der Waals surface area contributed by atoms with Gasteiger partial charge in [-0.15, -0.1) is 0 Å². The van der Waals surface area contributed by atoms with Gasteiger partial charge in [0.2, 0.25) is 0 Å². The fraction of sp³-hybridized carbons (Fsp3) is 0.167. The molecule has 0 spiro atoms. The lowest BCUT2D eigenvalue weighted by Crippen LogP contribution is -2.41. The summed E-state index contributed by atoms with van der Waals surface area (Å²) in [6, 6.07) is 14.5. The fourth-order valence-electron chi connectivity index (χ4n) is 4.50. The topological polar surface area (TPSA) is 69.9 Å². The Morgan fingerprint density at radius 3 is 2.45 bits per heavy atom. The lowest BCUT2D eigenvalue weighted by molar-refractivity contribution is -0.140. The number of allylic oxidation sites excluding steroid dienone is 1. The van der Waals surface area contributed by atoms with Gasteiger partial charge in [-0.1, -0.05) is 80.3 Å². The molecule has 1 aliphatic rings. The minimum atomic E-state index is -5.02. The summed E-state index contributed by atoms with van der Waals surface area (Å²) in [7, 11) is 0. The van der Waals surface area contributed by atoms with E-state index < -0.39 is 35.0 Å². The van der Waals surface area contributed by atoms with E-state index in [1.54, 1.807) is 36.4 Å². The van der Waals surface area contributed by atoms with E-state index in [1.165, 1.54) is 37.3 Å². The van der Waals surface area contributed by atoms with Crippen molar-refractivity contribution in [2.45, 2.75) is 25.7 Å². The molecule has 1 aromatic heterocycles. The number of ether oxygens (including phenoxy) is 2. The molecule has 1 atom stereocenters. The molecule has 2 heterocycles. The van der Waals surface area contributed by atoms with Gasteiger partial charge in [-0.2, -0.15) is 13.2 Å². The van der Waals surface area contributed by atoms with Crippen LogP contribution in [0.15, 0.2) is 86.2 Å². The quantitative estimate of drug-likeness (QED) is 0.183. The average Bonchev–Trinajstić information content (AvgIpc) is 3.28. The van der Waals surface area contributed by atoms with Crippen molar-refractivity contribution in [3.05, 3.63) is 128 Å². The maximum Gasteiger partial charge on any atom is 0.434 e. The number of carbonyl (C=O) groups excluding carboxylic acids is 1. The molecule has 0 aliphatic carbocycles. The molecule has 0 unspecified atom stereocenters. The third-order valence-electron chi connectivity index (χ3n) is 6.42. The van der Waals surface area contributed by atoms with Crippen molar-refractivity contribution in [2.75, 3.05) is 6.61 Å². The van der Waals surface area contributed by atoms with Gasteiger partial charge in [-0.25, -0.2) is 9.79 Å². The third-order valence-corrected chi connectivity index (χ3v) is 8.88. The molecule has 5 rings (SSSR count). The summed E-state index contributed by atoms with van der Waals surface area (Å²) in [5.41, 5.74) is -1.47. The first-order valence-electron chi connectivity index (χ1n) is 12.8. The Kier molecular flexibility index (Phi) is 9.62. The zero-order valence-electron chi connectivity index (χ0n) is 22.4. The van der Waals surface area contributed by atoms with Crippen LogP contribution in [0.3, 0.4) is 0 Å². The number of halogens is 7. The van der Waals surface area contributed by atoms with E-state index >= 15 is 0 Å². The Hall–Kier alpha value is -3.09. The summed E-state index contributed by atoms with van der Waals surface area (Å²) in [5, 5.41) is 1.08. The van der Waals surface area contributed by atoms with Crippen molar-refractivity contribution >= 4 is 74.1 Å². The number of thiazole rings is 1. The number of fused-ring (bicyclic) bond motifs is 1. The van der Waals surface area contributed by atoms with Gasteiger partial charge in [-0.3, -0.25) is 9.36 Å². The molecule has 0 saturated carbocycles. The van der Waals surface area contributed by atoms with Gasteiger partial charge in [0.15, 0.2) is 10.5 Å². The van der Waals surface area contributed by atoms with Crippen LogP contribution in [-0.4, -0.2) is 23.3 Å². The molecule has 0 amide bonds. The Morgan fingerprint density at radius 1 is 1.07 bits per heavy atom. The molecule has 0 bridgehead atoms. The average molecular weight is 747 g/mol. The maximum absolute atomic E-state index is 14.4. The summed E-state index contributed by atoms with van der Waals surface area (Å²) in [5.74, 6) is -0.842. The Morgan fingerprint density at radius 2 is 1.80 bits per heavy atom. The lowest BCUT2D eigenvalue weighted by atomic mass is 9.95. The zero-order chi connectivity index (χ0) is 31.8. The number of esters is 1. The third kappa shape index (κ3) is 6.77. The van der Waals surface area contributed by atoms with Crippen LogP contribution in [0.1, 0.15) is 29.7 Å². The monoisotopic (exact) mass is 744 g/mol. The predicted octanol–water partition coefficient (Wildman–Crippen LogP) is 7.64. The van der Waals surface area contributed by atoms with Gasteiger partial charge in [-0.05, 0) is 66.6 Å². The fourth-order valence-corrected chi connectivity index (χ4v) is 6.31. The van der Waals surface area contributed by atoms with Crippen molar-refractivity contribution < 1.29 is 27.4 Å². The second-order valence-electron chi connectivity index (χ2n) is 9.33. The first kappa shape index (κ1) is 32.3. The largest absolute Gasteiger partial charge is 0.488 e. The Bertz CT molecular complexity index is 1980. The molecular weight excluding hydrogens is 728 g/mol. The van der Waals surface area contributed by atoms with E-state index in [9.17, 15) is 22.8 Å². The van der Waals surface area contributed by atoms with Gasteiger partial charge in [0.1, 0.15) is 12.4 Å². The van der Waals surface area contributed by atoms with Crippen molar-refractivity contribution in [2.24, 2.45) is 4.99 Å². The molecule has 0 fully saturated rings. The first-order valence-corrected chi connectivity index (χ1v) is 15.5. The predicted molar refractivity (Wildman–Crippen MR) is 167 cm³/mol. The number of hydrogen-bond acceptors (Lipinski definition) is 6. The number of hydrogen-bond donors (Lipinski definition) is 0. The van der Waals surface area contributed by atoms with E-state index in [4.69, 9.17) is 44.3 Å². The van der Waals surface area contributed by atoms with E-state index in [-0.39, 0.29) is 28.1 Å². The maximum atomic E-state index is 14.4. The van der Waals surface area contributed by atoms with Gasteiger partial charge >= 0.3 is 12.1 Å². The molecule has 228 valence electrons. The molecule has 44 heavy (non-hydrogen) atoms. The van der Waals surface area contributed by atoms with Crippen LogP contribution in [0.5, 0.6) is 5.75 Å². The van der Waals surface area contributed by atoms with E-state index in [2.05, 4.69) is 20.9 Å². The molecular formula is C30H19BrCl3F3N2O4S. The van der Waals surface area contributed by atoms with Crippen LogP contribution in [0.4, 0.5) is 13.2 Å². The molecule has 14 heteroatoms. The molecule has 4 aromatic rings. The standard InChI is InChI=1S/C30H19BrCl3F3N2O4S/c1-2-42-28(41)24-25(16-4-7-19(32)8-5-16)39-27(40)23(44-29(39)38-26(24)30(35,36)37)13-17-12-18(31)6-10-22(17)43-14-15-3-9-20(33)21(34)11-15/h3-13,25H,2,14H2,1H3/b23-13-/t25-/m0/s1. The first-order chi connectivity index (χ1) is 20.9. The number of aromatic nitrogens is 1. The number of alkyl halides is 3. The highest BCUT2D eigenvalue weighted by molar-refractivity contribution is 9.10. The van der Waals surface area contributed by atoms with Crippen LogP contribution >= 0.6 is 62.1 Å². The second kappa shape index (κ2) is 13.1. The van der Waals surface area contributed by atoms with Gasteiger partial charge in [0.25, 0.3) is 5.56 Å². The van der Waals surface area contributed by atoms with Gasteiger partial charge in [0, 0.05) is 15.1 Å². The summed E-state index contributed by atoms with van der Waals surface area (Å²) in [6.45, 7) is 1.41. The summed E-state index contributed by atoms with van der Waals surface area (Å²) in [6.07, 6.45) is -3.52. The number of nitrogens with zero attached hydrogens (tertiary/aromatic N) is 2. The SMILES string of the molecule is CCOC(=O)C1=C(C(F)(F)F)N=c2s/c(=C\c3cc(Br)ccc3OCc3ccc(Cl)c(Cl)c3)c(=O)n2[C@H]1c1ccc(Cl)cc1. The highest BCUT2D eigenvalue weighted by atomic mass is 79.9. The van der Waals surface area contributed by atoms with Crippen LogP contribution < -0.4 is 19.6 Å². The smallest absolute Gasteiger partial charge is 0.434 e. The van der Waals surface area contributed by atoms with E-state index in [0.29, 0.717) is 30.9 Å². The Labute approximate surface area is 275 Å². The molecule has 1 aliphatic heterocycles. The van der Waals surface area contributed by atoms with Crippen molar-refractivity contribution in [1.29, 1.82) is 0 Å². The van der Waals surface area contributed by atoms with Crippen molar-refractivity contribution in [1.82, 2.24) is 4.57 Å². The van der Waals surface area contributed by atoms with E-state index in [1.807, 2.05) is 0 Å². The highest BCUT2D eigenvalue weighted by Crippen LogP contribution is 2.38.